The van der Waals surface area contributed by atoms with Crippen molar-refractivity contribution in [3.63, 3.8) is 0 Å². The summed E-state index contributed by atoms with van der Waals surface area (Å²) < 4.78 is 1.54. The summed E-state index contributed by atoms with van der Waals surface area (Å²) in [6.07, 6.45) is 2.06. The molecule has 0 aliphatic rings. The van der Waals surface area contributed by atoms with Gasteiger partial charge in [-0.2, -0.15) is 0 Å². The lowest BCUT2D eigenvalue weighted by Crippen LogP contribution is -2.19. The Morgan fingerprint density at radius 1 is 1.23 bits per heavy atom. The van der Waals surface area contributed by atoms with Crippen LogP contribution < -0.4 is 11.0 Å². The van der Waals surface area contributed by atoms with Gasteiger partial charge in [-0.3, -0.25) is 14.2 Å². The van der Waals surface area contributed by atoms with Crippen LogP contribution in [0, 0.1) is 0 Å². The number of ketones is 1. The Bertz CT molecular complexity index is 811. The highest BCUT2D eigenvalue weighted by molar-refractivity contribution is 8.00. The summed E-state index contributed by atoms with van der Waals surface area (Å²) in [7, 11) is 0. The van der Waals surface area contributed by atoms with Crippen LogP contribution in [0.25, 0.3) is 0 Å². The maximum atomic E-state index is 12.6. The van der Waals surface area contributed by atoms with Crippen molar-refractivity contribution in [1.29, 1.82) is 0 Å². The summed E-state index contributed by atoms with van der Waals surface area (Å²) in [6, 6.07) is 6.84. The molecule has 1 atom stereocenters. The zero-order chi connectivity index (χ0) is 19.1. The van der Waals surface area contributed by atoms with Crippen LogP contribution in [0.5, 0.6) is 0 Å². The number of thioether (sulfide) groups is 1. The highest BCUT2D eigenvalue weighted by Crippen LogP contribution is 2.24. The van der Waals surface area contributed by atoms with Crippen molar-refractivity contribution < 1.29 is 9.59 Å². The first-order chi connectivity index (χ1) is 12.5. The molecule has 0 saturated carbocycles. The highest BCUT2D eigenvalue weighted by Gasteiger charge is 2.20. The molecule has 2 N–H and O–H groups in total. The van der Waals surface area contributed by atoms with E-state index in [1.807, 2.05) is 13.8 Å². The topological polar surface area (TPSA) is 96.8 Å². The Balaban J connectivity index is 2.04. The van der Waals surface area contributed by atoms with Crippen molar-refractivity contribution in [2.24, 2.45) is 0 Å². The van der Waals surface area contributed by atoms with Gasteiger partial charge in [-0.15, -0.1) is 5.10 Å². The normalized spacial score (nSPS) is 12.0. The Morgan fingerprint density at radius 2 is 1.92 bits per heavy atom. The molecule has 2 rings (SSSR count). The SMILES string of the molecule is CCCC(=O)Nc1ccc(C(=O)C(C)Sc2n[nH]c(=O)n2CCC)cc1. The minimum Gasteiger partial charge on any atom is -0.326 e. The molecule has 2 aromatic rings. The zero-order valence-electron chi connectivity index (χ0n) is 15.2. The first kappa shape index (κ1) is 20.0. The summed E-state index contributed by atoms with van der Waals surface area (Å²) in [4.78, 5) is 36.0. The Hall–Kier alpha value is -2.35. The Labute approximate surface area is 156 Å². The van der Waals surface area contributed by atoms with Gasteiger partial charge in [-0.25, -0.2) is 9.89 Å². The number of carbonyl (C=O) groups is 2. The van der Waals surface area contributed by atoms with Crippen molar-refractivity contribution in [3.05, 3.63) is 40.3 Å². The molecule has 140 valence electrons. The van der Waals surface area contributed by atoms with E-state index in [-0.39, 0.29) is 22.6 Å². The van der Waals surface area contributed by atoms with Crippen LogP contribution in [-0.2, 0) is 11.3 Å². The molecular formula is C18H24N4O3S. The summed E-state index contributed by atoms with van der Waals surface area (Å²) >= 11 is 1.26. The number of amides is 1. The molecule has 0 spiro atoms. The zero-order valence-corrected chi connectivity index (χ0v) is 16.1. The van der Waals surface area contributed by atoms with E-state index >= 15 is 0 Å². The van der Waals surface area contributed by atoms with Gasteiger partial charge in [0.05, 0.1) is 5.25 Å². The molecule has 1 aromatic heterocycles. The van der Waals surface area contributed by atoms with Gasteiger partial charge in [-0.1, -0.05) is 25.6 Å². The van der Waals surface area contributed by atoms with Crippen molar-refractivity contribution in [2.75, 3.05) is 5.32 Å². The lowest BCUT2D eigenvalue weighted by Gasteiger charge is -2.11. The number of anilines is 1. The predicted molar refractivity (Wildman–Crippen MR) is 103 cm³/mol. The molecule has 1 amide bonds. The van der Waals surface area contributed by atoms with Crippen LogP contribution in [0.15, 0.2) is 34.2 Å². The average molecular weight is 376 g/mol. The quantitative estimate of drug-likeness (QED) is 0.518. The van der Waals surface area contributed by atoms with Crippen LogP contribution in [0.3, 0.4) is 0 Å². The predicted octanol–water partition coefficient (Wildman–Crippen LogP) is 3.08. The van der Waals surface area contributed by atoms with Crippen LogP contribution in [0.1, 0.15) is 50.4 Å². The third-order valence-electron chi connectivity index (χ3n) is 3.75. The molecule has 0 bridgehead atoms. The molecule has 8 heteroatoms. The van der Waals surface area contributed by atoms with Gasteiger partial charge in [-0.05, 0) is 44.0 Å². The van der Waals surface area contributed by atoms with Crippen LogP contribution in [-0.4, -0.2) is 31.7 Å². The van der Waals surface area contributed by atoms with E-state index < -0.39 is 0 Å². The highest BCUT2D eigenvalue weighted by atomic mass is 32.2. The largest absolute Gasteiger partial charge is 0.343 e. The van der Waals surface area contributed by atoms with Gasteiger partial charge >= 0.3 is 5.69 Å². The lowest BCUT2D eigenvalue weighted by molar-refractivity contribution is -0.116. The number of carbonyl (C=O) groups excluding carboxylic acids is 2. The standard InChI is InChI=1S/C18H24N4O3S/c1-4-6-15(23)19-14-9-7-13(8-10-14)16(24)12(3)26-18-21-20-17(25)22(18)11-5-2/h7-10,12H,4-6,11H2,1-3H3,(H,19,23)(H,20,25). The third kappa shape index (κ3) is 5.08. The van der Waals surface area contributed by atoms with E-state index in [4.69, 9.17) is 0 Å². The van der Waals surface area contributed by atoms with Crippen molar-refractivity contribution in [1.82, 2.24) is 14.8 Å². The number of nitrogens with one attached hydrogen (secondary N) is 2. The van der Waals surface area contributed by atoms with E-state index in [1.54, 1.807) is 35.8 Å². The molecule has 1 aromatic carbocycles. The molecule has 0 fully saturated rings. The van der Waals surface area contributed by atoms with Gasteiger partial charge in [0.15, 0.2) is 10.9 Å². The van der Waals surface area contributed by atoms with Crippen LogP contribution in [0.2, 0.25) is 0 Å². The molecule has 1 unspecified atom stereocenters. The van der Waals surface area contributed by atoms with Gasteiger partial charge in [0.2, 0.25) is 5.91 Å². The van der Waals surface area contributed by atoms with E-state index in [1.165, 1.54) is 11.8 Å². The van der Waals surface area contributed by atoms with E-state index in [0.29, 0.717) is 29.4 Å². The van der Waals surface area contributed by atoms with Crippen LogP contribution in [0.4, 0.5) is 5.69 Å². The summed E-state index contributed by atoms with van der Waals surface area (Å²) in [5.74, 6) is -0.0946. The number of hydrogen-bond acceptors (Lipinski definition) is 5. The summed E-state index contributed by atoms with van der Waals surface area (Å²) in [5, 5.41) is 9.35. The maximum absolute atomic E-state index is 12.6. The number of aromatic nitrogens is 3. The lowest BCUT2D eigenvalue weighted by atomic mass is 10.1. The number of rotatable bonds is 9. The van der Waals surface area contributed by atoms with E-state index in [2.05, 4.69) is 15.5 Å². The third-order valence-corrected chi connectivity index (χ3v) is 4.84. The second-order valence-electron chi connectivity index (χ2n) is 5.96. The molecule has 26 heavy (non-hydrogen) atoms. The van der Waals surface area contributed by atoms with Gasteiger partial charge in [0, 0.05) is 24.2 Å². The van der Waals surface area contributed by atoms with Crippen molar-refractivity contribution >= 4 is 29.1 Å². The minimum absolute atomic E-state index is 0.0390. The number of benzene rings is 1. The fourth-order valence-electron chi connectivity index (χ4n) is 2.43. The second-order valence-corrected chi connectivity index (χ2v) is 7.27. The van der Waals surface area contributed by atoms with Crippen molar-refractivity contribution in [3.8, 4) is 0 Å². The molecule has 0 radical (unpaired) electrons. The fourth-order valence-corrected chi connectivity index (χ4v) is 3.39. The summed E-state index contributed by atoms with van der Waals surface area (Å²) in [6.45, 7) is 6.27. The fraction of sp³-hybridized carbons (Fsp3) is 0.444. The molecule has 0 aliphatic heterocycles. The first-order valence-electron chi connectivity index (χ1n) is 8.72. The maximum Gasteiger partial charge on any atom is 0.343 e. The Kier molecular flexibility index (Phi) is 7.20. The summed E-state index contributed by atoms with van der Waals surface area (Å²) in [5.41, 5.74) is 0.962. The first-order valence-corrected chi connectivity index (χ1v) is 9.60. The molecule has 0 saturated heterocycles. The van der Waals surface area contributed by atoms with Gasteiger partial charge in [0.1, 0.15) is 0 Å². The number of H-pyrrole nitrogens is 1. The van der Waals surface area contributed by atoms with Gasteiger partial charge in [0.25, 0.3) is 0 Å². The smallest absolute Gasteiger partial charge is 0.326 e. The van der Waals surface area contributed by atoms with Gasteiger partial charge < -0.3 is 5.32 Å². The molecule has 1 heterocycles. The number of nitrogens with zero attached hydrogens (tertiary/aromatic N) is 2. The Morgan fingerprint density at radius 3 is 2.54 bits per heavy atom. The average Bonchev–Trinajstić information content (AvgIpc) is 2.95. The molecular weight excluding hydrogens is 352 g/mol. The number of hydrogen-bond donors (Lipinski definition) is 2. The number of aromatic amines is 1. The van der Waals surface area contributed by atoms with E-state index in [0.717, 1.165) is 12.8 Å². The monoisotopic (exact) mass is 376 g/mol. The van der Waals surface area contributed by atoms with Crippen LogP contribution >= 0.6 is 11.8 Å². The van der Waals surface area contributed by atoms with E-state index in [9.17, 15) is 14.4 Å². The molecule has 7 nitrogen and oxygen atoms in total. The second kappa shape index (κ2) is 9.38. The van der Waals surface area contributed by atoms with Crippen molar-refractivity contribution in [2.45, 2.75) is 57.0 Å². The number of Topliss-reactive ketones (excluding diaryl/α,β-unsaturated/α-hetero) is 1. The molecule has 0 aliphatic carbocycles. The minimum atomic E-state index is -0.388.